The van der Waals surface area contributed by atoms with Gasteiger partial charge in [0.2, 0.25) is 5.88 Å². The van der Waals surface area contributed by atoms with Gasteiger partial charge in [-0.25, -0.2) is 4.98 Å². The number of aryl methyl sites for hydroxylation is 1. The molecule has 0 fully saturated rings. The molecule has 2 aromatic heterocycles. The zero-order valence-electron chi connectivity index (χ0n) is 16.7. The van der Waals surface area contributed by atoms with Crippen LogP contribution in [-0.2, 0) is 11.3 Å². The van der Waals surface area contributed by atoms with Crippen LogP contribution in [0.25, 0.3) is 0 Å². The van der Waals surface area contributed by atoms with Gasteiger partial charge in [-0.05, 0) is 12.0 Å². The van der Waals surface area contributed by atoms with Crippen LogP contribution in [0.4, 0.5) is 0 Å². The summed E-state index contributed by atoms with van der Waals surface area (Å²) in [5, 5.41) is 22.5. The second-order valence-corrected chi connectivity index (χ2v) is 6.69. The molecule has 11 heteroatoms. The first kappa shape index (κ1) is 21.1. The lowest BCUT2D eigenvalue weighted by atomic mass is 10.1. The molecule has 0 aliphatic carbocycles. The number of nitrogens with one attached hydrogen (secondary N) is 3. The van der Waals surface area contributed by atoms with E-state index in [2.05, 4.69) is 31.0 Å². The first-order valence-electron chi connectivity index (χ1n) is 9.62. The highest BCUT2D eigenvalue weighted by molar-refractivity contribution is 5.94. The Balaban J connectivity index is 1.55. The summed E-state index contributed by atoms with van der Waals surface area (Å²) in [7, 11) is 1.49. The van der Waals surface area contributed by atoms with Crippen molar-refractivity contribution in [3.8, 4) is 5.88 Å². The van der Waals surface area contributed by atoms with E-state index in [4.69, 9.17) is 4.74 Å². The van der Waals surface area contributed by atoms with E-state index in [1.807, 2.05) is 0 Å². The van der Waals surface area contributed by atoms with Crippen molar-refractivity contribution in [1.82, 2.24) is 30.7 Å². The van der Waals surface area contributed by atoms with Gasteiger partial charge in [-0.3, -0.25) is 19.3 Å². The lowest BCUT2D eigenvalue weighted by Gasteiger charge is -2.17. The molecule has 0 saturated heterocycles. The second kappa shape index (κ2) is 10.2. The van der Waals surface area contributed by atoms with E-state index in [-0.39, 0.29) is 6.42 Å². The predicted molar refractivity (Wildman–Crippen MR) is 108 cm³/mol. The number of aromatic nitrogens is 3. The zero-order chi connectivity index (χ0) is 21.3. The molecule has 2 aromatic rings. The minimum atomic E-state index is -1.03. The maximum absolute atomic E-state index is 12.6. The summed E-state index contributed by atoms with van der Waals surface area (Å²) in [5.41, 5.74) is 0.940. The van der Waals surface area contributed by atoms with Gasteiger partial charge in [-0.15, -0.1) is 0 Å². The highest BCUT2D eigenvalue weighted by Crippen LogP contribution is 2.19. The SMILES string of the molecule is COc1ccc(C(CC(=O)O)NC(=O)c2cnn(CCCNC3=NCCN3)c2)cn1. The first-order valence-corrected chi connectivity index (χ1v) is 9.62. The molecule has 0 saturated carbocycles. The van der Waals surface area contributed by atoms with Crippen molar-refractivity contribution in [3.05, 3.63) is 41.9 Å². The molecule has 0 spiro atoms. The molecule has 0 aromatic carbocycles. The minimum Gasteiger partial charge on any atom is -0.481 e. The molecular formula is C19H25N7O4. The Bertz CT molecular complexity index is 895. The van der Waals surface area contributed by atoms with Crippen LogP contribution in [0.15, 0.2) is 35.7 Å². The average Bonchev–Trinajstić information content (AvgIpc) is 3.42. The molecule has 30 heavy (non-hydrogen) atoms. The summed E-state index contributed by atoms with van der Waals surface area (Å²) in [5.74, 6) is -0.203. The van der Waals surface area contributed by atoms with Crippen LogP contribution in [-0.4, -0.2) is 64.5 Å². The summed E-state index contributed by atoms with van der Waals surface area (Å²) in [6.45, 7) is 3.01. The van der Waals surface area contributed by atoms with E-state index >= 15 is 0 Å². The molecule has 1 unspecified atom stereocenters. The number of hydrogen-bond donors (Lipinski definition) is 4. The summed E-state index contributed by atoms with van der Waals surface area (Å²) >= 11 is 0. The molecule has 4 N–H and O–H groups in total. The fourth-order valence-electron chi connectivity index (χ4n) is 2.95. The molecule has 0 bridgehead atoms. The number of carboxylic acids is 1. The van der Waals surface area contributed by atoms with Crippen molar-refractivity contribution < 1.29 is 19.4 Å². The number of nitrogens with zero attached hydrogens (tertiary/aromatic N) is 4. The van der Waals surface area contributed by atoms with E-state index in [1.54, 1.807) is 23.0 Å². The normalized spacial score (nSPS) is 13.8. The number of carbonyl (C=O) groups excluding carboxylic acids is 1. The number of hydrogen-bond acceptors (Lipinski definition) is 8. The van der Waals surface area contributed by atoms with Crippen molar-refractivity contribution in [2.24, 2.45) is 4.99 Å². The van der Waals surface area contributed by atoms with Crippen molar-refractivity contribution in [3.63, 3.8) is 0 Å². The van der Waals surface area contributed by atoms with E-state index in [0.717, 1.165) is 32.0 Å². The van der Waals surface area contributed by atoms with Crippen LogP contribution in [0.5, 0.6) is 5.88 Å². The fraction of sp³-hybridized carbons (Fsp3) is 0.421. The number of methoxy groups -OCH3 is 1. The van der Waals surface area contributed by atoms with E-state index < -0.39 is 17.9 Å². The zero-order valence-corrected chi connectivity index (χ0v) is 16.7. The van der Waals surface area contributed by atoms with Gasteiger partial charge in [-0.2, -0.15) is 5.10 Å². The number of carboxylic acid groups (broad SMARTS) is 1. The average molecular weight is 415 g/mol. The highest BCUT2D eigenvalue weighted by Gasteiger charge is 2.20. The predicted octanol–water partition coefficient (Wildman–Crippen LogP) is 0.171. The summed E-state index contributed by atoms with van der Waals surface area (Å²) < 4.78 is 6.69. The van der Waals surface area contributed by atoms with Crippen molar-refractivity contribution in [1.29, 1.82) is 0 Å². The Labute approximate surface area is 173 Å². The van der Waals surface area contributed by atoms with Gasteiger partial charge in [0.05, 0.1) is 37.9 Å². The van der Waals surface area contributed by atoms with Crippen LogP contribution in [0.1, 0.15) is 34.8 Å². The van der Waals surface area contributed by atoms with Gasteiger partial charge in [0, 0.05) is 38.1 Å². The largest absolute Gasteiger partial charge is 0.481 e. The van der Waals surface area contributed by atoms with Crippen LogP contribution in [0, 0.1) is 0 Å². The molecule has 1 atom stereocenters. The highest BCUT2D eigenvalue weighted by atomic mass is 16.5. The van der Waals surface area contributed by atoms with Crippen molar-refractivity contribution in [2.45, 2.75) is 25.4 Å². The monoisotopic (exact) mass is 415 g/mol. The third-order valence-electron chi connectivity index (χ3n) is 4.48. The van der Waals surface area contributed by atoms with Crippen LogP contribution >= 0.6 is 0 Å². The molecule has 11 nitrogen and oxygen atoms in total. The Kier molecular flexibility index (Phi) is 7.19. The first-order chi connectivity index (χ1) is 14.5. The molecule has 3 rings (SSSR count). The van der Waals surface area contributed by atoms with E-state index in [9.17, 15) is 14.7 Å². The van der Waals surface area contributed by atoms with Gasteiger partial charge < -0.3 is 25.8 Å². The molecule has 1 aliphatic rings. The smallest absolute Gasteiger partial charge is 0.305 e. The van der Waals surface area contributed by atoms with Crippen LogP contribution in [0.3, 0.4) is 0 Å². The number of carbonyl (C=O) groups is 2. The lowest BCUT2D eigenvalue weighted by Crippen LogP contribution is -2.34. The standard InChI is InChI=1S/C19H25N7O4/c1-30-16-4-3-13(10-23-16)15(9-17(27)28)25-18(29)14-11-24-26(12-14)8-2-5-20-19-21-6-7-22-19/h3-4,10-12,15H,2,5-9H2,1H3,(H,25,29)(H,27,28)(H2,20,21,22). The van der Waals surface area contributed by atoms with Crippen LogP contribution in [0.2, 0.25) is 0 Å². The Morgan fingerprint density at radius 3 is 2.90 bits per heavy atom. The third kappa shape index (κ3) is 5.93. The van der Waals surface area contributed by atoms with Gasteiger partial charge in [0.15, 0.2) is 5.96 Å². The number of rotatable bonds is 10. The number of aliphatic carboxylic acids is 1. The molecule has 3 heterocycles. The number of pyridine rings is 1. The number of ether oxygens (including phenoxy) is 1. The summed E-state index contributed by atoms with van der Waals surface area (Å²) in [4.78, 5) is 32.2. The molecule has 0 radical (unpaired) electrons. The van der Waals surface area contributed by atoms with Gasteiger partial charge in [-0.1, -0.05) is 6.07 Å². The maximum atomic E-state index is 12.6. The molecule has 1 aliphatic heterocycles. The number of aliphatic imine (C=N–C) groups is 1. The third-order valence-corrected chi connectivity index (χ3v) is 4.48. The lowest BCUT2D eigenvalue weighted by molar-refractivity contribution is -0.137. The topological polar surface area (TPSA) is 143 Å². The molecule has 160 valence electrons. The Morgan fingerprint density at radius 1 is 1.37 bits per heavy atom. The number of guanidine groups is 1. The fourth-order valence-corrected chi connectivity index (χ4v) is 2.95. The molecular weight excluding hydrogens is 390 g/mol. The van der Waals surface area contributed by atoms with E-state index in [0.29, 0.717) is 23.6 Å². The quantitative estimate of drug-likeness (QED) is 0.402. The van der Waals surface area contributed by atoms with Gasteiger partial charge in [0.1, 0.15) is 0 Å². The van der Waals surface area contributed by atoms with Gasteiger partial charge >= 0.3 is 5.97 Å². The summed E-state index contributed by atoms with van der Waals surface area (Å²) in [6, 6.07) is 2.58. The Hall–Kier alpha value is -3.63. The van der Waals surface area contributed by atoms with Crippen molar-refractivity contribution in [2.75, 3.05) is 26.7 Å². The summed E-state index contributed by atoms with van der Waals surface area (Å²) in [6.07, 6.45) is 5.15. The van der Waals surface area contributed by atoms with Gasteiger partial charge in [0.25, 0.3) is 5.91 Å². The number of amides is 1. The Morgan fingerprint density at radius 2 is 2.23 bits per heavy atom. The van der Waals surface area contributed by atoms with Crippen molar-refractivity contribution >= 4 is 17.8 Å². The molecule has 1 amide bonds. The maximum Gasteiger partial charge on any atom is 0.305 e. The van der Waals surface area contributed by atoms with Crippen LogP contribution < -0.4 is 20.7 Å². The minimum absolute atomic E-state index is 0.266. The van der Waals surface area contributed by atoms with E-state index in [1.165, 1.54) is 19.5 Å². The second-order valence-electron chi connectivity index (χ2n) is 6.69.